The Hall–Kier alpha value is -0.570. The summed E-state index contributed by atoms with van der Waals surface area (Å²) in [5, 5.41) is 2.94. The molecule has 0 aromatic rings. The molecule has 2 fully saturated rings. The van der Waals surface area contributed by atoms with E-state index in [1.807, 2.05) is 6.92 Å². The van der Waals surface area contributed by atoms with Crippen molar-refractivity contribution in [1.29, 1.82) is 0 Å². The van der Waals surface area contributed by atoms with Crippen LogP contribution >= 0.6 is 0 Å². The standard InChI is InChI=1S/C10H17NO2/c1-7-2-5-9(13-7)10(12)11-6-8-3-4-8/h7-9H,2-6H2,1H3,(H,11,12)/t7-,9-/m0/s1. The number of carbonyl (C=O) groups is 1. The van der Waals surface area contributed by atoms with Gasteiger partial charge in [-0.2, -0.15) is 0 Å². The van der Waals surface area contributed by atoms with E-state index in [0.717, 1.165) is 25.3 Å². The number of hydrogen-bond acceptors (Lipinski definition) is 2. The number of carbonyl (C=O) groups excluding carboxylic acids is 1. The fourth-order valence-electron chi connectivity index (χ4n) is 1.68. The van der Waals surface area contributed by atoms with E-state index in [0.29, 0.717) is 0 Å². The average Bonchev–Trinajstić information content (AvgIpc) is 2.84. The van der Waals surface area contributed by atoms with E-state index in [2.05, 4.69) is 5.32 Å². The molecular weight excluding hydrogens is 166 g/mol. The molecule has 0 spiro atoms. The third-order valence-corrected chi connectivity index (χ3v) is 2.79. The second-order valence-corrected chi connectivity index (χ2v) is 4.20. The normalized spacial score (nSPS) is 33.3. The van der Waals surface area contributed by atoms with Gasteiger partial charge in [-0.05, 0) is 38.5 Å². The molecule has 2 atom stereocenters. The lowest BCUT2D eigenvalue weighted by molar-refractivity contribution is -0.131. The fraction of sp³-hybridized carbons (Fsp3) is 0.900. The van der Waals surface area contributed by atoms with Crippen molar-refractivity contribution >= 4 is 5.91 Å². The maximum Gasteiger partial charge on any atom is 0.249 e. The average molecular weight is 183 g/mol. The van der Waals surface area contributed by atoms with Crippen molar-refractivity contribution in [3.05, 3.63) is 0 Å². The molecule has 0 aromatic heterocycles. The van der Waals surface area contributed by atoms with Crippen LogP contribution in [0.25, 0.3) is 0 Å². The van der Waals surface area contributed by atoms with E-state index in [4.69, 9.17) is 4.74 Å². The van der Waals surface area contributed by atoms with Crippen LogP contribution in [-0.4, -0.2) is 24.7 Å². The van der Waals surface area contributed by atoms with Gasteiger partial charge in [0.25, 0.3) is 0 Å². The summed E-state index contributed by atoms with van der Waals surface area (Å²) in [6, 6.07) is 0. The first-order chi connectivity index (χ1) is 6.25. The van der Waals surface area contributed by atoms with Crippen LogP contribution in [0.3, 0.4) is 0 Å². The van der Waals surface area contributed by atoms with Crippen molar-refractivity contribution in [3.63, 3.8) is 0 Å². The molecule has 1 saturated carbocycles. The lowest BCUT2D eigenvalue weighted by Gasteiger charge is -2.10. The second-order valence-electron chi connectivity index (χ2n) is 4.20. The van der Waals surface area contributed by atoms with Gasteiger partial charge >= 0.3 is 0 Å². The van der Waals surface area contributed by atoms with Gasteiger partial charge in [0.15, 0.2) is 0 Å². The van der Waals surface area contributed by atoms with Gasteiger partial charge in [-0.3, -0.25) is 4.79 Å². The van der Waals surface area contributed by atoms with Gasteiger partial charge in [-0.15, -0.1) is 0 Å². The molecule has 2 rings (SSSR count). The molecule has 3 nitrogen and oxygen atoms in total. The lowest BCUT2D eigenvalue weighted by Crippen LogP contribution is -2.35. The van der Waals surface area contributed by atoms with E-state index in [1.54, 1.807) is 0 Å². The first-order valence-electron chi connectivity index (χ1n) is 5.19. The third kappa shape index (κ3) is 2.44. The SMILES string of the molecule is C[C@H]1CC[C@@H](C(=O)NCC2CC2)O1. The topological polar surface area (TPSA) is 38.3 Å². The molecule has 74 valence electrons. The molecule has 0 aromatic carbocycles. The monoisotopic (exact) mass is 183 g/mol. The Morgan fingerprint density at radius 3 is 2.69 bits per heavy atom. The molecule has 1 aliphatic carbocycles. The highest BCUT2D eigenvalue weighted by Gasteiger charge is 2.29. The van der Waals surface area contributed by atoms with Gasteiger partial charge in [0.05, 0.1) is 6.10 Å². The summed E-state index contributed by atoms with van der Waals surface area (Å²) in [4.78, 5) is 11.5. The minimum Gasteiger partial charge on any atom is -0.365 e. The molecule has 1 heterocycles. The molecule has 1 aliphatic heterocycles. The second kappa shape index (κ2) is 3.66. The smallest absolute Gasteiger partial charge is 0.249 e. The number of hydrogen-bond donors (Lipinski definition) is 1. The number of rotatable bonds is 3. The molecule has 1 saturated heterocycles. The summed E-state index contributed by atoms with van der Waals surface area (Å²) < 4.78 is 5.46. The highest BCUT2D eigenvalue weighted by atomic mass is 16.5. The van der Waals surface area contributed by atoms with Crippen LogP contribution in [0.15, 0.2) is 0 Å². The quantitative estimate of drug-likeness (QED) is 0.711. The summed E-state index contributed by atoms with van der Waals surface area (Å²) in [5.41, 5.74) is 0. The summed E-state index contributed by atoms with van der Waals surface area (Å²) in [5.74, 6) is 0.846. The van der Waals surface area contributed by atoms with Crippen molar-refractivity contribution in [2.24, 2.45) is 5.92 Å². The zero-order valence-corrected chi connectivity index (χ0v) is 8.08. The Morgan fingerprint density at radius 1 is 1.38 bits per heavy atom. The van der Waals surface area contributed by atoms with Crippen molar-refractivity contribution in [2.45, 2.75) is 44.8 Å². The van der Waals surface area contributed by atoms with Crippen LogP contribution in [0, 0.1) is 5.92 Å². The molecule has 13 heavy (non-hydrogen) atoms. The van der Waals surface area contributed by atoms with Gasteiger partial charge in [-0.25, -0.2) is 0 Å². The van der Waals surface area contributed by atoms with Crippen LogP contribution < -0.4 is 5.32 Å². The summed E-state index contributed by atoms with van der Waals surface area (Å²) in [7, 11) is 0. The molecule has 0 unspecified atom stereocenters. The lowest BCUT2D eigenvalue weighted by atomic mass is 10.2. The van der Waals surface area contributed by atoms with Gasteiger partial charge in [0.2, 0.25) is 5.91 Å². The maximum absolute atomic E-state index is 11.5. The molecule has 1 amide bonds. The van der Waals surface area contributed by atoms with Crippen LogP contribution in [-0.2, 0) is 9.53 Å². The Bertz CT molecular complexity index is 201. The van der Waals surface area contributed by atoms with Gasteiger partial charge in [0.1, 0.15) is 6.10 Å². The van der Waals surface area contributed by atoms with Crippen LogP contribution in [0.5, 0.6) is 0 Å². The fourth-order valence-corrected chi connectivity index (χ4v) is 1.68. The zero-order valence-electron chi connectivity index (χ0n) is 8.08. The molecule has 0 bridgehead atoms. The summed E-state index contributed by atoms with van der Waals surface area (Å²) in [6.07, 6.45) is 4.55. The predicted molar refractivity (Wildman–Crippen MR) is 49.3 cm³/mol. The Kier molecular flexibility index (Phi) is 2.54. The maximum atomic E-state index is 11.5. The van der Waals surface area contributed by atoms with E-state index < -0.39 is 0 Å². The van der Waals surface area contributed by atoms with E-state index in [-0.39, 0.29) is 18.1 Å². The zero-order chi connectivity index (χ0) is 9.26. The highest BCUT2D eigenvalue weighted by Crippen LogP contribution is 2.27. The Balaban J connectivity index is 1.69. The van der Waals surface area contributed by atoms with Crippen molar-refractivity contribution < 1.29 is 9.53 Å². The summed E-state index contributed by atoms with van der Waals surface area (Å²) >= 11 is 0. The molecule has 3 heteroatoms. The minimum atomic E-state index is -0.172. The molecule has 0 radical (unpaired) electrons. The van der Waals surface area contributed by atoms with Crippen LogP contribution in [0.4, 0.5) is 0 Å². The highest BCUT2D eigenvalue weighted by molar-refractivity contribution is 5.81. The summed E-state index contributed by atoms with van der Waals surface area (Å²) in [6.45, 7) is 2.88. The van der Waals surface area contributed by atoms with E-state index >= 15 is 0 Å². The number of ether oxygens (including phenoxy) is 1. The number of amides is 1. The van der Waals surface area contributed by atoms with E-state index in [1.165, 1.54) is 12.8 Å². The Morgan fingerprint density at radius 2 is 2.15 bits per heavy atom. The predicted octanol–water partition coefficient (Wildman–Crippen LogP) is 1.08. The molecule has 1 N–H and O–H groups in total. The van der Waals surface area contributed by atoms with Gasteiger partial charge in [-0.1, -0.05) is 0 Å². The van der Waals surface area contributed by atoms with E-state index in [9.17, 15) is 4.79 Å². The minimum absolute atomic E-state index is 0.0938. The van der Waals surface area contributed by atoms with Crippen LogP contribution in [0.1, 0.15) is 32.6 Å². The number of nitrogens with one attached hydrogen (secondary N) is 1. The molecule has 2 aliphatic rings. The Labute approximate surface area is 78.8 Å². The van der Waals surface area contributed by atoms with Crippen molar-refractivity contribution in [2.75, 3.05) is 6.54 Å². The van der Waals surface area contributed by atoms with Gasteiger partial charge < -0.3 is 10.1 Å². The van der Waals surface area contributed by atoms with Gasteiger partial charge in [0, 0.05) is 6.54 Å². The first kappa shape index (κ1) is 9.00. The first-order valence-corrected chi connectivity index (χ1v) is 5.19. The van der Waals surface area contributed by atoms with Crippen molar-refractivity contribution in [3.8, 4) is 0 Å². The van der Waals surface area contributed by atoms with Crippen molar-refractivity contribution in [1.82, 2.24) is 5.32 Å². The molecular formula is C10H17NO2. The van der Waals surface area contributed by atoms with Crippen LogP contribution in [0.2, 0.25) is 0 Å². The third-order valence-electron chi connectivity index (χ3n) is 2.79. The largest absolute Gasteiger partial charge is 0.365 e.